The highest BCUT2D eigenvalue weighted by molar-refractivity contribution is 9.10. The molecule has 144 valence electrons. The molecule has 0 spiro atoms. The summed E-state index contributed by atoms with van der Waals surface area (Å²) in [6.45, 7) is -0.861. The minimum atomic E-state index is -3.83. The average Bonchev–Trinajstić information content (AvgIpc) is 2.53. The lowest BCUT2D eigenvalue weighted by Crippen LogP contribution is -2.56. The summed E-state index contributed by atoms with van der Waals surface area (Å²) in [5, 5.41) is 2.56. The van der Waals surface area contributed by atoms with Crippen molar-refractivity contribution in [2.75, 3.05) is 23.3 Å². The van der Waals surface area contributed by atoms with Crippen molar-refractivity contribution in [3.63, 3.8) is 0 Å². The van der Waals surface area contributed by atoms with Gasteiger partial charge in [0.15, 0.2) is 0 Å². The van der Waals surface area contributed by atoms with Crippen LogP contribution in [0.5, 0.6) is 5.75 Å². The van der Waals surface area contributed by atoms with E-state index in [1.807, 2.05) is 0 Å². The van der Waals surface area contributed by atoms with Crippen LogP contribution >= 0.6 is 27.5 Å². The van der Waals surface area contributed by atoms with Gasteiger partial charge in [-0.25, -0.2) is 13.8 Å². The average molecular weight is 469 g/mol. The van der Waals surface area contributed by atoms with E-state index >= 15 is 0 Å². The van der Waals surface area contributed by atoms with Crippen LogP contribution in [-0.2, 0) is 0 Å². The minimum Gasteiger partial charge on any atom is -0.420 e. The zero-order chi connectivity index (χ0) is 19.8. The number of anilines is 2. The van der Waals surface area contributed by atoms with Crippen molar-refractivity contribution in [1.82, 2.24) is 4.98 Å². The van der Waals surface area contributed by atoms with E-state index < -0.39 is 30.5 Å². The first-order valence-electron chi connectivity index (χ1n) is 7.48. The van der Waals surface area contributed by atoms with Gasteiger partial charge in [-0.3, -0.25) is 4.79 Å². The van der Waals surface area contributed by atoms with E-state index in [4.69, 9.17) is 0 Å². The van der Waals surface area contributed by atoms with Crippen LogP contribution in [0.3, 0.4) is 0 Å². The Bertz CT molecular complexity index is 854. The first kappa shape index (κ1) is 19.7. The number of halogens is 6. The summed E-state index contributed by atoms with van der Waals surface area (Å²) in [6, 6.07) is 6.60. The summed E-state index contributed by atoms with van der Waals surface area (Å²) in [5.41, 5.74) is -3.32. The van der Waals surface area contributed by atoms with E-state index in [1.54, 1.807) is 0 Å². The Labute approximate surface area is 164 Å². The van der Waals surface area contributed by atoms with Crippen LogP contribution in [-0.4, -0.2) is 35.5 Å². The van der Waals surface area contributed by atoms with E-state index in [-0.39, 0.29) is 11.3 Å². The largest absolute Gasteiger partial charge is 0.487 e. The fourth-order valence-corrected chi connectivity index (χ4v) is 3.08. The minimum absolute atomic E-state index is 0.173. The van der Waals surface area contributed by atoms with Gasteiger partial charge in [-0.05, 0) is 46.3 Å². The number of amides is 1. The maximum atomic E-state index is 13.0. The maximum absolute atomic E-state index is 13.0. The van der Waals surface area contributed by atoms with E-state index in [9.17, 15) is 22.4 Å². The number of carbonyl (C=O) groups is 1. The van der Waals surface area contributed by atoms with Crippen LogP contribution in [0.25, 0.3) is 0 Å². The zero-order valence-corrected chi connectivity index (χ0v) is 15.7. The fourth-order valence-electron chi connectivity index (χ4n) is 2.39. The van der Waals surface area contributed by atoms with E-state index in [2.05, 4.69) is 42.6 Å². The molecule has 2 aromatic rings. The third-order valence-corrected chi connectivity index (χ3v) is 4.23. The molecule has 1 aromatic heterocycles. The summed E-state index contributed by atoms with van der Waals surface area (Å²) in [5.74, 6) is -3.10. The van der Waals surface area contributed by atoms with Crippen LogP contribution in [0.15, 0.2) is 41.0 Å². The molecule has 3 rings (SSSR count). The number of nitrogens with one attached hydrogen (secondary N) is 1. The molecule has 11 heteroatoms. The fraction of sp³-hybridized carbons (Fsp3) is 0.250. The molecule has 1 N–H and O–H groups in total. The number of carbonyl (C=O) groups excluding carboxylic acids is 1. The zero-order valence-electron chi connectivity index (χ0n) is 13.4. The number of hydrogen-bond acceptors (Lipinski definition) is 4. The predicted molar refractivity (Wildman–Crippen MR) is 94.9 cm³/mol. The molecule has 0 saturated carbocycles. The third kappa shape index (κ3) is 5.01. The lowest BCUT2D eigenvalue weighted by Gasteiger charge is -2.39. The van der Waals surface area contributed by atoms with Crippen LogP contribution in [0.2, 0.25) is 0 Å². The summed E-state index contributed by atoms with van der Waals surface area (Å²) < 4.78 is 55.6. The molecule has 2 heterocycles. The van der Waals surface area contributed by atoms with Crippen molar-refractivity contribution in [3.05, 3.63) is 46.6 Å². The molecule has 5 nitrogen and oxygen atoms in total. The van der Waals surface area contributed by atoms with Gasteiger partial charge in [0, 0.05) is 23.5 Å². The smallest absolute Gasteiger partial charge is 0.420 e. The molecule has 0 bridgehead atoms. The van der Waals surface area contributed by atoms with Gasteiger partial charge in [0.1, 0.15) is 11.6 Å². The second kappa shape index (κ2) is 7.16. The lowest BCUT2D eigenvalue weighted by molar-refractivity contribution is -0.0964. The Morgan fingerprint density at radius 1 is 1.30 bits per heavy atom. The highest BCUT2D eigenvalue weighted by Crippen LogP contribution is 2.35. The molecule has 0 radical (unpaired) electrons. The van der Waals surface area contributed by atoms with Crippen molar-refractivity contribution in [1.29, 1.82) is 0 Å². The summed E-state index contributed by atoms with van der Waals surface area (Å²) >= 11 is 7.89. The van der Waals surface area contributed by atoms with E-state index in [0.717, 1.165) is 0 Å². The standard InChI is InChI=1S/C16H11BrClF4N3O2/c17-12-5-9(6-23-13(12)25-7-15(19,20)8-25)14(26)24-10-1-3-11(4-2-10)27-16(18,21)22/h1-6H,7-8H2,(H,24,26). The van der Waals surface area contributed by atoms with Gasteiger partial charge in [0.2, 0.25) is 0 Å². The number of benzene rings is 1. The molecular weight excluding hydrogens is 458 g/mol. The van der Waals surface area contributed by atoms with Gasteiger partial charge in [0.25, 0.3) is 11.8 Å². The first-order chi connectivity index (χ1) is 12.5. The van der Waals surface area contributed by atoms with Crippen molar-refractivity contribution in [3.8, 4) is 5.75 Å². The molecule has 1 aliphatic rings. The van der Waals surface area contributed by atoms with Crippen molar-refractivity contribution < 1.29 is 27.1 Å². The van der Waals surface area contributed by atoms with Crippen LogP contribution in [0.1, 0.15) is 10.4 Å². The van der Waals surface area contributed by atoms with Crippen LogP contribution in [0, 0.1) is 0 Å². The van der Waals surface area contributed by atoms with Gasteiger partial charge >= 0.3 is 5.57 Å². The SMILES string of the molecule is O=C(Nc1ccc(OC(F)(F)Cl)cc1)c1cnc(N2CC(F)(F)C2)c(Br)c1. The number of nitrogens with zero attached hydrogens (tertiary/aromatic N) is 2. The molecule has 1 fully saturated rings. The molecule has 1 amide bonds. The van der Waals surface area contributed by atoms with E-state index in [1.165, 1.54) is 41.4 Å². The predicted octanol–water partition coefficient (Wildman–Crippen LogP) is 4.72. The van der Waals surface area contributed by atoms with Gasteiger partial charge in [-0.2, -0.15) is 0 Å². The third-order valence-electron chi connectivity index (χ3n) is 3.57. The first-order valence-corrected chi connectivity index (χ1v) is 8.65. The summed E-state index contributed by atoms with van der Waals surface area (Å²) in [6.07, 6.45) is 1.26. The lowest BCUT2D eigenvalue weighted by atomic mass is 10.1. The molecule has 1 saturated heterocycles. The Hall–Kier alpha value is -2.07. The molecule has 27 heavy (non-hydrogen) atoms. The van der Waals surface area contributed by atoms with Gasteiger partial charge in [0.05, 0.1) is 23.1 Å². The maximum Gasteiger partial charge on any atom is 0.487 e. The highest BCUT2D eigenvalue weighted by Gasteiger charge is 2.45. The second-order valence-electron chi connectivity index (χ2n) is 5.77. The Morgan fingerprint density at radius 2 is 1.93 bits per heavy atom. The number of hydrogen-bond donors (Lipinski definition) is 1. The van der Waals surface area contributed by atoms with Crippen molar-refractivity contribution in [2.24, 2.45) is 0 Å². The molecule has 0 atom stereocenters. The van der Waals surface area contributed by atoms with E-state index in [0.29, 0.717) is 16.0 Å². The quantitative estimate of drug-likeness (QED) is 0.510. The number of alkyl halides is 5. The highest BCUT2D eigenvalue weighted by atomic mass is 79.9. The molecular formula is C16H11BrClF4N3O2. The Kier molecular flexibility index (Phi) is 5.22. The molecule has 0 unspecified atom stereocenters. The van der Waals surface area contributed by atoms with Crippen LogP contribution in [0.4, 0.5) is 29.1 Å². The van der Waals surface area contributed by atoms with Gasteiger partial charge in [-0.1, -0.05) is 0 Å². The number of pyridine rings is 1. The Morgan fingerprint density at radius 3 is 2.44 bits per heavy atom. The summed E-state index contributed by atoms with van der Waals surface area (Å²) in [4.78, 5) is 17.7. The summed E-state index contributed by atoms with van der Waals surface area (Å²) in [7, 11) is 0. The van der Waals surface area contributed by atoms with Gasteiger partial charge < -0.3 is 15.0 Å². The normalized spacial score (nSPS) is 15.9. The second-order valence-corrected chi connectivity index (χ2v) is 7.06. The topological polar surface area (TPSA) is 54.5 Å². The molecule has 1 aromatic carbocycles. The number of rotatable bonds is 5. The van der Waals surface area contributed by atoms with Crippen LogP contribution < -0.4 is 15.0 Å². The number of aromatic nitrogens is 1. The number of ether oxygens (including phenoxy) is 1. The van der Waals surface area contributed by atoms with Crippen molar-refractivity contribution >= 4 is 44.9 Å². The van der Waals surface area contributed by atoms with Crippen molar-refractivity contribution in [2.45, 2.75) is 11.5 Å². The van der Waals surface area contributed by atoms with Gasteiger partial charge in [-0.15, -0.1) is 8.78 Å². The monoisotopic (exact) mass is 467 g/mol. The Balaban J connectivity index is 1.65. The molecule has 1 aliphatic heterocycles. The molecule has 0 aliphatic carbocycles.